The van der Waals surface area contributed by atoms with Gasteiger partial charge in [0.1, 0.15) is 0 Å². The second-order valence-corrected chi connectivity index (χ2v) is 0. The van der Waals surface area contributed by atoms with Gasteiger partial charge < -0.3 is 0 Å². The number of rotatable bonds is 0. The minimum absolute atomic E-state index is 0. The molecule has 5 heteroatoms. The van der Waals surface area contributed by atoms with Crippen LogP contribution in [0, 0.1) is 32.7 Å². The SMILES string of the molecule is [AlH3].[Cu].[Mn].[SiH3][La]. The maximum absolute atomic E-state index is 1.47. The van der Waals surface area contributed by atoms with Crippen LogP contribution in [0.5, 0.6) is 0 Å². The van der Waals surface area contributed by atoms with E-state index in [1.54, 1.807) is 0 Å². The van der Waals surface area contributed by atoms with Gasteiger partial charge in [-0.3, -0.25) is 0 Å². The Balaban J connectivity index is -0.00000000167. The molecule has 0 aromatic rings. The third-order valence-corrected chi connectivity index (χ3v) is 0. The second-order valence-electron chi connectivity index (χ2n) is 0. The molecule has 0 fully saturated rings. The van der Waals surface area contributed by atoms with Crippen molar-refractivity contribution in [3.05, 3.63) is 0 Å². The van der Waals surface area contributed by atoms with E-state index in [0.29, 0.717) is 0 Å². The first-order valence-corrected chi connectivity index (χ1v) is 12.6. The van der Waals surface area contributed by atoms with Crippen molar-refractivity contribution in [3.63, 3.8) is 0 Å². The Labute approximate surface area is 88.2 Å². The van der Waals surface area contributed by atoms with Crippen LogP contribution in [0.4, 0.5) is 0 Å². The summed E-state index contributed by atoms with van der Waals surface area (Å²) in [6.45, 7) is 0. The number of hydrogen-bond acceptors (Lipinski definition) is 0. The first kappa shape index (κ1) is 24.5. The van der Waals surface area contributed by atoms with Crippen molar-refractivity contribution in [2.45, 2.75) is 0 Å². The summed E-state index contributed by atoms with van der Waals surface area (Å²) in [5, 5.41) is 0. The Morgan fingerprint density at radius 2 is 1.20 bits per heavy atom. The average molecular weight is 319 g/mol. The van der Waals surface area contributed by atoms with Gasteiger partial charge in [-0.05, 0) is 0 Å². The molecule has 34 valence electrons. The van der Waals surface area contributed by atoms with Crippen LogP contribution in [-0.4, -0.2) is 23.1 Å². The van der Waals surface area contributed by atoms with Crippen molar-refractivity contribution in [3.8, 4) is 0 Å². The van der Waals surface area contributed by atoms with E-state index in [4.69, 9.17) is 0 Å². The standard InChI is InChI=1S/Al.Cu.La.Mn.H3Si.3H/h;;;;1H3;;;. The zero-order chi connectivity index (χ0) is 2.00. The van der Waals surface area contributed by atoms with Gasteiger partial charge in [-0.25, -0.2) is 0 Å². The summed E-state index contributed by atoms with van der Waals surface area (Å²) >= 11 is 1.31. The fourth-order valence-corrected chi connectivity index (χ4v) is 0. The van der Waals surface area contributed by atoms with Crippen molar-refractivity contribution in [2.24, 2.45) is 0 Å². The van der Waals surface area contributed by atoms with Gasteiger partial charge in [-0.2, -0.15) is 0 Å². The van der Waals surface area contributed by atoms with E-state index in [1.165, 1.54) is 38.5 Å². The van der Waals surface area contributed by atoms with Crippen LogP contribution < -0.4 is 0 Å². The molecular weight excluding hydrogens is 312 g/mol. The monoisotopic (exact) mass is 318 g/mol. The molecule has 0 N–H and O–H groups in total. The molecule has 0 spiro atoms. The summed E-state index contributed by atoms with van der Waals surface area (Å²) in [5.41, 5.74) is 0. The van der Waals surface area contributed by atoms with Crippen LogP contribution in [0.25, 0.3) is 0 Å². The topological polar surface area (TPSA) is 0 Å². The van der Waals surface area contributed by atoms with E-state index in [0.717, 1.165) is 0 Å². The molecule has 5 heavy (non-hydrogen) atoms. The van der Waals surface area contributed by atoms with E-state index in [-0.39, 0.29) is 51.5 Å². The van der Waals surface area contributed by atoms with E-state index >= 15 is 0 Å². The first-order valence-electron chi connectivity index (χ1n) is 0.577. The van der Waals surface area contributed by atoms with Crippen LogP contribution in [-0.2, 0) is 34.1 Å². The Kier molecular flexibility index (Phi) is 138. The van der Waals surface area contributed by atoms with Crippen molar-refractivity contribution in [1.29, 1.82) is 0 Å². The minimum atomic E-state index is 0. The molecule has 0 aliphatic heterocycles. The Morgan fingerprint density at radius 1 is 1.20 bits per heavy atom. The van der Waals surface area contributed by atoms with Gasteiger partial charge in [0.15, 0.2) is 17.4 Å². The normalized spacial score (nSPS) is 1.40. The molecule has 0 amide bonds. The summed E-state index contributed by atoms with van der Waals surface area (Å²) in [4.78, 5) is 0. The third-order valence-electron chi connectivity index (χ3n) is 0. The first-order chi connectivity index (χ1) is 1.00. The van der Waals surface area contributed by atoms with Crippen LogP contribution in [0.2, 0.25) is 0 Å². The fraction of sp³-hybridized carbons (Fsp3) is 0. The molecule has 2 radical (unpaired) electrons. The maximum atomic E-state index is 1.47. The summed E-state index contributed by atoms with van der Waals surface area (Å²) < 4.78 is 0. The van der Waals surface area contributed by atoms with Crippen LogP contribution in [0.1, 0.15) is 0 Å². The second kappa shape index (κ2) is 28.1. The molecule has 0 rings (SSSR count). The van der Waals surface area contributed by atoms with Crippen molar-refractivity contribution < 1.29 is 66.8 Å². The molecule has 0 heterocycles. The summed E-state index contributed by atoms with van der Waals surface area (Å²) in [5.74, 6) is 1.47. The molecule has 0 aromatic heterocycles. The average Bonchev–Trinajstić information content (AvgIpc) is 1.00. The van der Waals surface area contributed by atoms with Gasteiger partial charge in [0.2, 0.25) is 0 Å². The molecule has 0 aliphatic carbocycles. The predicted octanol–water partition coefficient (Wildman–Crippen LogP) is -2.37. The molecule has 0 aromatic carbocycles. The molecule has 0 atom stereocenters. The van der Waals surface area contributed by atoms with Gasteiger partial charge >= 0.3 is 38.5 Å². The zero-order valence-corrected chi connectivity index (χ0v) is 10.0. The van der Waals surface area contributed by atoms with Crippen LogP contribution in [0.15, 0.2) is 0 Å². The molecule has 0 nitrogen and oxygen atoms in total. The van der Waals surface area contributed by atoms with Gasteiger partial charge in [0.05, 0.1) is 0 Å². The molecule has 0 saturated carbocycles. The summed E-state index contributed by atoms with van der Waals surface area (Å²) in [6.07, 6.45) is 0. The molecule has 0 unspecified atom stereocenters. The van der Waals surface area contributed by atoms with Crippen LogP contribution >= 0.6 is 0 Å². The van der Waals surface area contributed by atoms with E-state index < -0.39 is 0 Å². The Bertz CT molecular complexity index is 11.6. The van der Waals surface area contributed by atoms with Gasteiger partial charge in [0.25, 0.3) is 0 Å². The zero-order valence-electron chi connectivity index (χ0n) is 2.26. The van der Waals surface area contributed by atoms with Gasteiger partial charge in [0, 0.05) is 34.1 Å². The van der Waals surface area contributed by atoms with E-state index in [9.17, 15) is 0 Å². The van der Waals surface area contributed by atoms with E-state index in [1.807, 2.05) is 0 Å². The van der Waals surface area contributed by atoms with Gasteiger partial charge in [-0.1, -0.05) is 0 Å². The third kappa shape index (κ3) is 19.5. The Morgan fingerprint density at radius 3 is 1.20 bits per heavy atom. The predicted molar refractivity (Wildman–Crippen MR) is 19.9 cm³/mol. The Hall–Kier alpha value is 2.98. The van der Waals surface area contributed by atoms with Crippen molar-refractivity contribution in [1.82, 2.24) is 0 Å². The summed E-state index contributed by atoms with van der Waals surface area (Å²) in [6, 6.07) is 0. The van der Waals surface area contributed by atoms with Crippen molar-refractivity contribution in [2.75, 3.05) is 0 Å². The van der Waals surface area contributed by atoms with E-state index in [2.05, 4.69) is 0 Å². The molecule has 0 saturated heterocycles. The quantitative estimate of drug-likeness (QED) is 0.438. The van der Waals surface area contributed by atoms with Crippen molar-refractivity contribution >= 4 is 23.1 Å². The fourth-order valence-electron chi connectivity index (χ4n) is 0. The molecule has 0 bridgehead atoms. The van der Waals surface area contributed by atoms with Crippen LogP contribution in [0.3, 0.4) is 0 Å². The molecule has 0 aliphatic rings. The van der Waals surface area contributed by atoms with Gasteiger partial charge in [-0.15, -0.1) is 0 Å². The molecular formula is H6AlCuLaMnSi. The summed E-state index contributed by atoms with van der Waals surface area (Å²) in [7, 11) is 0. The number of hydrogen-bond donors (Lipinski definition) is 0.